The fourth-order valence-corrected chi connectivity index (χ4v) is 3.09. The van der Waals surface area contributed by atoms with Gasteiger partial charge in [-0.1, -0.05) is 0 Å². The van der Waals surface area contributed by atoms with E-state index in [1.54, 1.807) is 0 Å². The monoisotopic (exact) mass is 327 g/mol. The van der Waals surface area contributed by atoms with Gasteiger partial charge >= 0.3 is 0 Å². The van der Waals surface area contributed by atoms with Gasteiger partial charge in [-0.25, -0.2) is 0 Å². The summed E-state index contributed by atoms with van der Waals surface area (Å²) in [6.45, 7) is 7.84. The second-order valence-corrected chi connectivity index (χ2v) is 5.98. The van der Waals surface area contributed by atoms with Crippen LogP contribution in [0.5, 0.6) is 0 Å². The summed E-state index contributed by atoms with van der Waals surface area (Å²) in [4.78, 5) is 2.38. The molecule has 1 atom stereocenters. The van der Waals surface area contributed by atoms with E-state index in [1.165, 1.54) is 5.69 Å². The minimum absolute atomic E-state index is 0.214. The summed E-state index contributed by atoms with van der Waals surface area (Å²) < 4.78 is 3.16. The highest BCUT2D eigenvalue weighted by Gasteiger charge is 2.24. The molecule has 0 bridgehead atoms. The molecule has 0 amide bonds. The quantitative estimate of drug-likeness (QED) is 0.657. The Hall–Kier alpha value is -0.880. The van der Waals surface area contributed by atoms with Crippen LogP contribution in [0.15, 0.2) is 4.47 Å². The first-order chi connectivity index (χ1) is 9.02. The molecule has 1 aromatic heterocycles. The molecular weight excluding hydrogens is 306 g/mol. The molecule has 5 nitrogen and oxygen atoms in total. The summed E-state index contributed by atoms with van der Waals surface area (Å²) in [6.07, 6.45) is 2.15. The van der Waals surface area contributed by atoms with Gasteiger partial charge in [-0.05, 0) is 49.2 Å². The van der Waals surface area contributed by atoms with Crippen molar-refractivity contribution < 1.29 is 0 Å². The van der Waals surface area contributed by atoms with E-state index in [-0.39, 0.29) is 5.92 Å². The number of rotatable bonds is 4. The van der Waals surface area contributed by atoms with Crippen molar-refractivity contribution in [2.24, 2.45) is 11.7 Å². The third-order valence-electron chi connectivity index (χ3n) is 3.77. The maximum atomic E-state index is 7.61. The second-order valence-electron chi connectivity index (χ2n) is 5.19. The molecule has 1 aliphatic rings. The number of nitrogens with one attached hydrogen (secondary N) is 1. The Balaban J connectivity index is 2.10. The van der Waals surface area contributed by atoms with Crippen molar-refractivity contribution in [3.8, 4) is 0 Å². The van der Waals surface area contributed by atoms with E-state index in [1.807, 2.05) is 6.92 Å². The molecule has 0 saturated carbocycles. The third-order valence-corrected chi connectivity index (χ3v) is 4.80. The second kappa shape index (κ2) is 6.05. The SMILES string of the molecule is CCn1nc(C)c(Br)c1CN1CCCC(C(=N)N)C1. The van der Waals surface area contributed by atoms with Crippen molar-refractivity contribution in [1.82, 2.24) is 14.7 Å². The van der Waals surface area contributed by atoms with Crippen molar-refractivity contribution in [3.05, 3.63) is 15.9 Å². The number of likely N-dealkylation sites (tertiary alicyclic amines) is 1. The number of aromatic nitrogens is 2. The Bertz CT molecular complexity index is 468. The van der Waals surface area contributed by atoms with E-state index in [9.17, 15) is 0 Å². The molecular formula is C13H22BrN5. The van der Waals surface area contributed by atoms with Gasteiger partial charge in [0.2, 0.25) is 0 Å². The Morgan fingerprint density at radius 1 is 1.58 bits per heavy atom. The largest absolute Gasteiger partial charge is 0.387 e. The molecule has 0 spiro atoms. The Kier molecular flexibility index (Phi) is 4.62. The summed E-state index contributed by atoms with van der Waals surface area (Å²) in [6, 6.07) is 0. The van der Waals surface area contributed by atoms with Gasteiger partial charge in [0.1, 0.15) is 0 Å². The van der Waals surface area contributed by atoms with Crippen molar-refractivity contribution in [3.63, 3.8) is 0 Å². The van der Waals surface area contributed by atoms with E-state index in [4.69, 9.17) is 11.1 Å². The molecule has 0 aliphatic carbocycles. The zero-order valence-corrected chi connectivity index (χ0v) is 13.2. The zero-order chi connectivity index (χ0) is 14.0. The lowest BCUT2D eigenvalue weighted by atomic mass is 9.97. The summed E-state index contributed by atoms with van der Waals surface area (Å²) in [5.41, 5.74) is 7.91. The number of piperidine rings is 1. The van der Waals surface area contributed by atoms with Crippen molar-refractivity contribution in [1.29, 1.82) is 5.41 Å². The first kappa shape index (κ1) is 14.5. The molecule has 1 aromatic rings. The molecule has 3 N–H and O–H groups in total. The van der Waals surface area contributed by atoms with E-state index in [0.29, 0.717) is 5.84 Å². The number of nitrogens with zero attached hydrogens (tertiary/aromatic N) is 3. The van der Waals surface area contributed by atoms with Crippen LogP contribution in [0, 0.1) is 18.3 Å². The topological polar surface area (TPSA) is 70.9 Å². The van der Waals surface area contributed by atoms with Gasteiger partial charge in [-0.3, -0.25) is 15.0 Å². The van der Waals surface area contributed by atoms with Crippen LogP contribution in [0.4, 0.5) is 0 Å². The molecule has 0 aromatic carbocycles. The highest BCUT2D eigenvalue weighted by atomic mass is 79.9. The molecule has 1 fully saturated rings. The lowest BCUT2D eigenvalue weighted by Gasteiger charge is -2.32. The molecule has 19 heavy (non-hydrogen) atoms. The van der Waals surface area contributed by atoms with Crippen LogP contribution in [0.3, 0.4) is 0 Å². The molecule has 1 aliphatic heterocycles. The van der Waals surface area contributed by atoms with Crippen LogP contribution in [0.1, 0.15) is 31.2 Å². The number of hydrogen-bond acceptors (Lipinski definition) is 3. The van der Waals surface area contributed by atoms with Gasteiger partial charge in [-0.15, -0.1) is 0 Å². The van der Waals surface area contributed by atoms with E-state index < -0.39 is 0 Å². The smallest absolute Gasteiger partial charge is 0.0949 e. The first-order valence-corrected chi connectivity index (χ1v) is 7.60. The average Bonchev–Trinajstić information content (AvgIpc) is 2.67. The lowest BCUT2D eigenvalue weighted by molar-refractivity contribution is 0.190. The van der Waals surface area contributed by atoms with Crippen LogP contribution in [-0.4, -0.2) is 33.6 Å². The fraction of sp³-hybridized carbons (Fsp3) is 0.692. The van der Waals surface area contributed by atoms with Crippen molar-refractivity contribution in [2.45, 2.75) is 39.8 Å². The first-order valence-electron chi connectivity index (χ1n) is 6.81. The minimum atomic E-state index is 0.214. The summed E-state index contributed by atoms with van der Waals surface area (Å²) in [7, 11) is 0. The van der Waals surface area contributed by atoms with E-state index >= 15 is 0 Å². The molecule has 6 heteroatoms. The Morgan fingerprint density at radius 2 is 2.32 bits per heavy atom. The van der Waals surface area contributed by atoms with E-state index in [0.717, 1.165) is 49.2 Å². The van der Waals surface area contributed by atoms with Crippen LogP contribution >= 0.6 is 15.9 Å². The number of nitrogens with two attached hydrogens (primary N) is 1. The predicted molar refractivity (Wildman–Crippen MR) is 80.3 cm³/mol. The molecule has 0 radical (unpaired) electrons. The van der Waals surface area contributed by atoms with Crippen molar-refractivity contribution >= 4 is 21.8 Å². The maximum Gasteiger partial charge on any atom is 0.0949 e. The number of hydrogen-bond donors (Lipinski definition) is 2. The maximum absolute atomic E-state index is 7.61. The van der Waals surface area contributed by atoms with Crippen molar-refractivity contribution in [2.75, 3.05) is 13.1 Å². The standard InChI is InChI=1S/C13H22BrN5/c1-3-19-11(12(14)9(2)17-19)8-18-6-4-5-10(7-18)13(15)16/h10H,3-8H2,1-2H3,(H3,15,16). The highest BCUT2D eigenvalue weighted by Crippen LogP contribution is 2.25. The summed E-state index contributed by atoms with van der Waals surface area (Å²) in [5.74, 6) is 0.538. The predicted octanol–water partition coefficient (Wildman–Crippen LogP) is 2.12. The normalized spacial score (nSPS) is 20.7. The van der Waals surface area contributed by atoms with E-state index in [2.05, 4.69) is 37.5 Å². The average molecular weight is 328 g/mol. The molecule has 106 valence electrons. The van der Waals surface area contributed by atoms with Crippen LogP contribution in [0.2, 0.25) is 0 Å². The van der Waals surface area contributed by atoms with Gasteiger partial charge in [0.25, 0.3) is 0 Å². The van der Waals surface area contributed by atoms with Crippen LogP contribution < -0.4 is 5.73 Å². The van der Waals surface area contributed by atoms with Gasteiger partial charge in [0.05, 0.1) is 21.7 Å². The van der Waals surface area contributed by atoms with Gasteiger partial charge in [-0.2, -0.15) is 5.10 Å². The highest BCUT2D eigenvalue weighted by molar-refractivity contribution is 9.10. The van der Waals surface area contributed by atoms with Gasteiger partial charge in [0.15, 0.2) is 0 Å². The van der Waals surface area contributed by atoms with Gasteiger partial charge in [0, 0.05) is 25.6 Å². The minimum Gasteiger partial charge on any atom is -0.387 e. The van der Waals surface area contributed by atoms with Crippen LogP contribution in [-0.2, 0) is 13.1 Å². The number of aryl methyl sites for hydroxylation is 2. The third kappa shape index (κ3) is 3.17. The Labute approximate surface area is 122 Å². The summed E-state index contributed by atoms with van der Waals surface area (Å²) in [5, 5.41) is 12.1. The Morgan fingerprint density at radius 3 is 2.95 bits per heavy atom. The number of amidine groups is 1. The molecule has 2 rings (SSSR count). The zero-order valence-electron chi connectivity index (χ0n) is 11.6. The summed E-state index contributed by atoms with van der Waals surface area (Å²) >= 11 is 3.64. The fourth-order valence-electron chi connectivity index (χ4n) is 2.68. The molecule has 2 heterocycles. The lowest BCUT2D eigenvalue weighted by Crippen LogP contribution is -2.40. The van der Waals surface area contributed by atoms with Crippen LogP contribution in [0.25, 0.3) is 0 Å². The van der Waals surface area contributed by atoms with Gasteiger partial charge < -0.3 is 5.73 Å². The molecule has 1 unspecified atom stereocenters. The number of halogens is 1. The molecule has 1 saturated heterocycles.